The van der Waals surface area contributed by atoms with Crippen LogP contribution in [0.15, 0.2) is 84.9 Å². The minimum atomic E-state index is 0. The van der Waals surface area contributed by atoms with E-state index in [-0.39, 0.29) is 17.1 Å². The molecule has 6 rings (SSSR count). The smallest absolute Gasteiger partial charge is 0.698 e. The van der Waals surface area contributed by atoms with Crippen molar-refractivity contribution < 1.29 is 17.1 Å². The first-order valence-corrected chi connectivity index (χ1v) is 17.6. The van der Waals surface area contributed by atoms with Crippen molar-refractivity contribution in [1.29, 1.82) is 0 Å². The molecule has 6 aromatic carbocycles. The predicted octanol–water partition coefficient (Wildman–Crippen LogP) is 15.1. The number of hydrogen-bond donors (Lipinski definition) is 0. The summed E-state index contributed by atoms with van der Waals surface area (Å²) in [5.41, 5.74) is 42.9. The van der Waals surface area contributed by atoms with E-state index in [1.54, 1.807) is 0 Å². The number of benzene rings is 6. The van der Waals surface area contributed by atoms with Gasteiger partial charge in [0.2, 0.25) is 0 Å². The summed E-state index contributed by atoms with van der Waals surface area (Å²) >= 11 is 0. The molecule has 2 nitrogen and oxygen atoms in total. The van der Waals surface area contributed by atoms with Crippen molar-refractivity contribution in [3.05, 3.63) is 163 Å². The van der Waals surface area contributed by atoms with E-state index in [0.717, 1.165) is 22.3 Å². The number of nitrogens with one attached hydrogen (secondary N) is 2. The fourth-order valence-corrected chi connectivity index (χ4v) is 8.36. The van der Waals surface area contributed by atoms with Gasteiger partial charge in [0.1, 0.15) is 0 Å². The molecule has 0 aliphatic carbocycles. The third-order valence-corrected chi connectivity index (χ3v) is 9.91. The van der Waals surface area contributed by atoms with Crippen LogP contribution in [0.2, 0.25) is 0 Å². The Balaban J connectivity index is 0.000000224. The van der Waals surface area contributed by atoms with Crippen LogP contribution in [0.25, 0.3) is 56.0 Å². The Labute approximate surface area is 317 Å². The molecule has 0 spiro atoms. The Hall–Kier alpha value is -4.56. The zero-order valence-corrected chi connectivity index (χ0v) is 33.5. The molecule has 0 unspecified atom stereocenters. The SMILES string of the molecule is Cc1cc(C)c(-c2cccc(-c3c(C)cc(C)cc3C)c2[NH-])c(C)c1.Cc1cc(C)c(-c2cccc(-c3c(C)cc(C)cc3C)c2[NH-])c(C)c1.[Fe+2]. The number of rotatable bonds is 4. The van der Waals surface area contributed by atoms with Gasteiger partial charge < -0.3 is 11.5 Å². The summed E-state index contributed by atoms with van der Waals surface area (Å²) in [6.07, 6.45) is 0. The van der Waals surface area contributed by atoms with E-state index in [0.29, 0.717) is 11.4 Å². The average Bonchev–Trinajstić information content (AvgIpc) is 2.99. The third kappa shape index (κ3) is 8.01. The minimum Gasteiger partial charge on any atom is -0.698 e. The van der Waals surface area contributed by atoms with Crippen molar-refractivity contribution in [2.24, 2.45) is 0 Å². The fraction of sp³-hybridized carbons (Fsp3) is 0.250. The second-order valence-electron chi connectivity index (χ2n) is 14.6. The van der Waals surface area contributed by atoms with Crippen LogP contribution in [0.4, 0.5) is 11.4 Å². The van der Waals surface area contributed by atoms with Crippen molar-refractivity contribution in [2.45, 2.75) is 83.1 Å². The van der Waals surface area contributed by atoms with Gasteiger partial charge in [0.25, 0.3) is 0 Å². The van der Waals surface area contributed by atoms with Crippen LogP contribution in [0.3, 0.4) is 0 Å². The van der Waals surface area contributed by atoms with Crippen molar-refractivity contribution in [3.63, 3.8) is 0 Å². The van der Waals surface area contributed by atoms with Gasteiger partial charge in [-0.25, -0.2) is 0 Å². The molecule has 0 saturated carbocycles. The van der Waals surface area contributed by atoms with Gasteiger partial charge in [-0.15, -0.1) is 11.4 Å². The molecular weight excluding hydrogens is 660 g/mol. The first-order valence-electron chi connectivity index (χ1n) is 17.6. The van der Waals surface area contributed by atoms with Crippen LogP contribution in [-0.4, -0.2) is 0 Å². The van der Waals surface area contributed by atoms with Crippen LogP contribution in [0, 0.1) is 83.1 Å². The minimum absolute atomic E-state index is 0. The summed E-state index contributed by atoms with van der Waals surface area (Å²) in [5, 5.41) is 0. The Bertz CT molecular complexity index is 1850. The molecule has 6 aromatic rings. The van der Waals surface area contributed by atoms with Crippen molar-refractivity contribution in [2.75, 3.05) is 0 Å². The Morgan fingerprint density at radius 2 is 0.451 bits per heavy atom. The van der Waals surface area contributed by atoms with E-state index in [9.17, 15) is 0 Å². The normalized spacial score (nSPS) is 10.7. The van der Waals surface area contributed by atoms with Gasteiger partial charge in [0, 0.05) is 0 Å². The quantitative estimate of drug-likeness (QED) is 0.163. The Morgan fingerprint density at radius 1 is 0.294 bits per heavy atom. The molecule has 0 aliphatic heterocycles. The topological polar surface area (TPSA) is 47.6 Å². The maximum Gasteiger partial charge on any atom is 2.00 e. The Kier molecular flexibility index (Phi) is 12.1. The molecule has 0 atom stereocenters. The third-order valence-electron chi connectivity index (χ3n) is 9.91. The van der Waals surface area contributed by atoms with E-state index in [4.69, 9.17) is 11.5 Å². The van der Waals surface area contributed by atoms with Gasteiger partial charge in [0.05, 0.1) is 0 Å². The van der Waals surface area contributed by atoms with E-state index < -0.39 is 0 Å². The van der Waals surface area contributed by atoms with Gasteiger partial charge >= 0.3 is 17.1 Å². The summed E-state index contributed by atoms with van der Waals surface area (Å²) in [7, 11) is 0. The summed E-state index contributed by atoms with van der Waals surface area (Å²) in [4.78, 5) is 0. The van der Waals surface area contributed by atoms with E-state index >= 15 is 0 Å². The molecule has 51 heavy (non-hydrogen) atoms. The largest absolute Gasteiger partial charge is 2.00 e. The van der Waals surface area contributed by atoms with Crippen LogP contribution in [-0.2, 0) is 17.1 Å². The fourth-order valence-electron chi connectivity index (χ4n) is 8.36. The second-order valence-corrected chi connectivity index (χ2v) is 14.6. The first kappa shape index (κ1) is 39.2. The summed E-state index contributed by atoms with van der Waals surface area (Å²) in [5.74, 6) is 0. The molecule has 0 radical (unpaired) electrons. The van der Waals surface area contributed by atoms with Crippen LogP contribution in [0.1, 0.15) is 66.8 Å². The van der Waals surface area contributed by atoms with Crippen molar-refractivity contribution >= 4 is 11.4 Å². The maximum atomic E-state index is 8.92. The summed E-state index contributed by atoms with van der Waals surface area (Å²) in [6, 6.07) is 30.1. The molecule has 0 aliphatic rings. The number of hydrogen-bond acceptors (Lipinski definition) is 0. The molecule has 0 aromatic heterocycles. The van der Waals surface area contributed by atoms with Crippen molar-refractivity contribution in [3.8, 4) is 44.5 Å². The monoisotopic (exact) mass is 712 g/mol. The molecule has 0 saturated heterocycles. The average molecular weight is 713 g/mol. The van der Waals surface area contributed by atoms with E-state index in [2.05, 4.69) is 168 Å². The molecule has 0 heterocycles. The molecule has 0 amide bonds. The summed E-state index contributed by atoms with van der Waals surface area (Å²) in [6.45, 7) is 25.6. The standard InChI is InChI=1S/2C24H26N.Fe/c2*1-14-10-16(3)22(17(4)11-14)20-8-7-9-21(24(20)25)23-18(5)12-15(2)13-19(23)6;/h2*7-13,25H,1-6H3;/q2*-1;+2. The zero-order valence-electron chi connectivity index (χ0n) is 32.4. The molecular formula is C48H52FeN2. The van der Waals surface area contributed by atoms with E-state index in [1.165, 1.54) is 89.0 Å². The van der Waals surface area contributed by atoms with Crippen LogP contribution >= 0.6 is 0 Å². The van der Waals surface area contributed by atoms with Crippen LogP contribution < -0.4 is 0 Å². The number of aryl methyl sites for hydroxylation is 12. The van der Waals surface area contributed by atoms with Gasteiger partial charge in [-0.2, -0.15) is 0 Å². The maximum absolute atomic E-state index is 8.92. The first-order chi connectivity index (χ1) is 23.6. The van der Waals surface area contributed by atoms with Gasteiger partial charge in [-0.1, -0.05) is 107 Å². The molecule has 2 N–H and O–H groups in total. The van der Waals surface area contributed by atoms with Gasteiger partial charge in [-0.05, 0) is 172 Å². The summed E-state index contributed by atoms with van der Waals surface area (Å²) < 4.78 is 0. The molecule has 0 bridgehead atoms. The van der Waals surface area contributed by atoms with Crippen molar-refractivity contribution in [1.82, 2.24) is 0 Å². The molecule has 3 heteroatoms. The Morgan fingerprint density at radius 3 is 0.608 bits per heavy atom. The predicted molar refractivity (Wildman–Crippen MR) is 219 cm³/mol. The van der Waals surface area contributed by atoms with E-state index in [1.807, 2.05) is 0 Å². The molecule has 262 valence electrons. The zero-order chi connectivity index (χ0) is 36.6. The van der Waals surface area contributed by atoms with Crippen LogP contribution in [0.5, 0.6) is 0 Å². The van der Waals surface area contributed by atoms with Gasteiger partial charge in [0.15, 0.2) is 0 Å². The second kappa shape index (κ2) is 15.8. The molecule has 0 fully saturated rings. The van der Waals surface area contributed by atoms with Gasteiger partial charge in [-0.3, -0.25) is 0 Å².